The maximum atomic E-state index is 13.2. The van der Waals surface area contributed by atoms with E-state index in [1.165, 1.54) is 6.07 Å². The lowest BCUT2D eigenvalue weighted by Crippen LogP contribution is -2.13. The molecule has 0 bridgehead atoms. The fourth-order valence-electron chi connectivity index (χ4n) is 1.54. The average Bonchev–Trinajstić information content (AvgIpc) is 2.33. The zero-order valence-corrected chi connectivity index (χ0v) is 10.6. The minimum Gasteiger partial charge on any atom is -0.394 e. The second-order valence-corrected chi connectivity index (χ2v) is 4.40. The van der Waals surface area contributed by atoms with Crippen molar-refractivity contribution in [3.8, 4) is 0 Å². The molecule has 3 N–H and O–H groups in total. The van der Waals surface area contributed by atoms with Gasteiger partial charge >= 0.3 is 0 Å². The molecule has 0 aliphatic carbocycles. The van der Waals surface area contributed by atoms with E-state index in [1.54, 1.807) is 0 Å². The predicted molar refractivity (Wildman–Crippen MR) is 70.1 cm³/mol. The molecule has 0 heterocycles. The average molecular weight is 301 g/mol. The van der Waals surface area contributed by atoms with Gasteiger partial charge in [-0.1, -0.05) is 11.6 Å². The summed E-state index contributed by atoms with van der Waals surface area (Å²) >= 11 is 5.62. The monoisotopic (exact) mass is 300 g/mol. The Labute approximate surface area is 117 Å². The van der Waals surface area contributed by atoms with Crippen LogP contribution in [0.15, 0.2) is 30.3 Å². The van der Waals surface area contributed by atoms with Crippen LogP contribution in [0.5, 0.6) is 0 Å². The minimum absolute atomic E-state index is 0.0673. The topological polar surface area (TPSA) is 55.1 Å². The van der Waals surface area contributed by atoms with Crippen LogP contribution < -0.4 is 11.1 Å². The number of nitrogens with one attached hydrogen (secondary N) is 1. The van der Waals surface area contributed by atoms with Gasteiger partial charge in [0.2, 0.25) is 0 Å². The Morgan fingerprint density at radius 1 is 1.05 bits per heavy atom. The van der Waals surface area contributed by atoms with E-state index >= 15 is 0 Å². The third kappa shape index (κ3) is 3.03. The van der Waals surface area contributed by atoms with Crippen molar-refractivity contribution >= 4 is 28.9 Å². The Bertz CT molecular complexity index is 648. The van der Waals surface area contributed by atoms with Crippen LogP contribution in [-0.2, 0) is 0 Å². The highest BCUT2D eigenvalue weighted by atomic mass is 35.5. The van der Waals surface area contributed by atoms with Crippen LogP contribution in [-0.4, -0.2) is 5.91 Å². The summed E-state index contributed by atoms with van der Waals surface area (Å²) < 4.78 is 39.6. The number of amides is 1. The quantitative estimate of drug-likeness (QED) is 0.833. The molecule has 0 radical (unpaired) electrons. The number of carbonyl (C=O) groups excluding carboxylic acids is 1. The lowest BCUT2D eigenvalue weighted by atomic mass is 10.1. The van der Waals surface area contributed by atoms with Gasteiger partial charge in [0.1, 0.15) is 23.1 Å². The molecular weight excluding hydrogens is 293 g/mol. The second kappa shape index (κ2) is 5.42. The molecule has 0 atom stereocenters. The molecule has 2 aromatic carbocycles. The first-order valence-corrected chi connectivity index (χ1v) is 5.76. The third-order valence-corrected chi connectivity index (χ3v) is 2.68. The van der Waals surface area contributed by atoms with Crippen LogP contribution in [0.2, 0.25) is 5.02 Å². The van der Waals surface area contributed by atoms with Crippen LogP contribution in [0.25, 0.3) is 0 Å². The largest absolute Gasteiger partial charge is 0.394 e. The Balaban J connectivity index is 2.28. The van der Waals surface area contributed by atoms with Crippen molar-refractivity contribution in [2.45, 2.75) is 0 Å². The standard InChI is InChI=1S/C13H8ClF3N2O/c14-7-3-8(15)5-9(4-7)19-13(20)6-1-10(16)12(18)11(17)2-6/h1-5H,18H2,(H,19,20). The highest BCUT2D eigenvalue weighted by Crippen LogP contribution is 2.21. The lowest BCUT2D eigenvalue weighted by Gasteiger charge is -2.07. The molecule has 7 heteroatoms. The number of nitrogens with two attached hydrogens (primary N) is 1. The molecule has 0 aromatic heterocycles. The van der Waals surface area contributed by atoms with E-state index in [-0.39, 0.29) is 16.3 Å². The van der Waals surface area contributed by atoms with Crippen molar-refractivity contribution in [2.24, 2.45) is 0 Å². The highest BCUT2D eigenvalue weighted by Gasteiger charge is 2.13. The number of anilines is 2. The van der Waals surface area contributed by atoms with Crippen molar-refractivity contribution in [1.29, 1.82) is 0 Å². The van der Waals surface area contributed by atoms with Crippen LogP contribution in [0, 0.1) is 17.5 Å². The Morgan fingerprint density at radius 2 is 1.65 bits per heavy atom. The van der Waals surface area contributed by atoms with Gasteiger partial charge in [-0.15, -0.1) is 0 Å². The van der Waals surface area contributed by atoms with Crippen LogP contribution >= 0.6 is 11.6 Å². The molecule has 2 rings (SSSR count). The van der Waals surface area contributed by atoms with Crippen LogP contribution in [0.1, 0.15) is 10.4 Å². The van der Waals surface area contributed by atoms with Gasteiger partial charge in [-0.05, 0) is 30.3 Å². The van der Waals surface area contributed by atoms with Gasteiger partial charge in [0.15, 0.2) is 0 Å². The molecule has 104 valence electrons. The molecule has 0 fully saturated rings. The highest BCUT2D eigenvalue weighted by molar-refractivity contribution is 6.31. The van der Waals surface area contributed by atoms with Crippen molar-refractivity contribution in [3.05, 3.63) is 58.4 Å². The van der Waals surface area contributed by atoms with E-state index in [0.29, 0.717) is 0 Å². The number of carbonyl (C=O) groups is 1. The number of hydrogen-bond donors (Lipinski definition) is 2. The molecule has 0 unspecified atom stereocenters. The minimum atomic E-state index is -1.05. The number of hydrogen-bond acceptors (Lipinski definition) is 2. The summed E-state index contributed by atoms with van der Waals surface area (Å²) in [5.74, 6) is -3.56. The van der Waals surface area contributed by atoms with Gasteiger partial charge in [-0.25, -0.2) is 13.2 Å². The Kier molecular flexibility index (Phi) is 3.85. The van der Waals surface area contributed by atoms with E-state index in [1.807, 2.05) is 0 Å². The van der Waals surface area contributed by atoms with Gasteiger partial charge in [0.25, 0.3) is 5.91 Å². The Hall–Kier alpha value is -2.21. The summed E-state index contributed by atoms with van der Waals surface area (Å²) in [5.41, 5.74) is 4.21. The van der Waals surface area contributed by atoms with Gasteiger partial charge < -0.3 is 11.1 Å². The zero-order valence-electron chi connectivity index (χ0n) is 9.88. The summed E-state index contributed by atoms with van der Waals surface area (Å²) in [4.78, 5) is 11.8. The maximum absolute atomic E-state index is 13.2. The smallest absolute Gasteiger partial charge is 0.255 e. The zero-order chi connectivity index (χ0) is 14.9. The van der Waals surface area contributed by atoms with Crippen molar-refractivity contribution < 1.29 is 18.0 Å². The van der Waals surface area contributed by atoms with Crippen LogP contribution in [0.4, 0.5) is 24.5 Å². The molecular formula is C13H8ClF3N2O. The van der Waals surface area contributed by atoms with E-state index in [2.05, 4.69) is 5.32 Å². The number of benzene rings is 2. The first-order valence-electron chi connectivity index (χ1n) is 5.39. The number of rotatable bonds is 2. The number of halogens is 4. The summed E-state index contributed by atoms with van der Waals surface area (Å²) in [6.07, 6.45) is 0. The molecule has 2 aromatic rings. The summed E-state index contributed by atoms with van der Waals surface area (Å²) in [6, 6.07) is 4.95. The first kappa shape index (κ1) is 14.2. The molecule has 3 nitrogen and oxygen atoms in total. The molecule has 0 aliphatic rings. The molecule has 1 amide bonds. The van der Waals surface area contributed by atoms with E-state index in [4.69, 9.17) is 17.3 Å². The second-order valence-electron chi connectivity index (χ2n) is 3.97. The van der Waals surface area contributed by atoms with Gasteiger partial charge in [-0.3, -0.25) is 4.79 Å². The Morgan fingerprint density at radius 3 is 2.20 bits per heavy atom. The van der Waals surface area contributed by atoms with Crippen molar-refractivity contribution in [1.82, 2.24) is 0 Å². The van der Waals surface area contributed by atoms with Crippen LogP contribution in [0.3, 0.4) is 0 Å². The van der Waals surface area contributed by atoms with Gasteiger partial charge in [0.05, 0.1) is 0 Å². The molecule has 0 saturated heterocycles. The summed E-state index contributed by atoms with van der Waals surface area (Å²) in [5, 5.41) is 2.35. The predicted octanol–water partition coefficient (Wildman–Crippen LogP) is 3.59. The fourth-order valence-corrected chi connectivity index (χ4v) is 1.77. The van der Waals surface area contributed by atoms with E-state index < -0.39 is 29.0 Å². The molecule has 0 spiro atoms. The third-order valence-electron chi connectivity index (χ3n) is 2.46. The first-order chi connectivity index (χ1) is 9.36. The van der Waals surface area contributed by atoms with Crippen molar-refractivity contribution in [2.75, 3.05) is 11.1 Å². The van der Waals surface area contributed by atoms with Gasteiger partial charge in [0, 0.05) is 16.3 Å². The summed E-state index contributed by atoms with van der Waals surface area (Å²) in [7, 11) is 0. The number of nitrogen functional groups attached to an aromatic ring is 1. The molecule has 20 heavy (non-hydrogen) atoms. The lowest BCUT2D eigenvalue weighted by molar-refractivity contribution is 0.102. The van der Waals surface area contributed by atoms with Crippen molar-refractivity contribution in [3.63, 3.8) is 0 Å². The SMILES string of the molecule is Nc1c(F)cc(C(=O)Nc2cc(F)cc(Cl)c2)cc1F. The molecule has 0 aliphatic heterocycles. The van der Waals surface area contributed by atoms with E-state index in [0.717, 1.165) is 24.3 Å². The van der Waals surface area contributed by atoms with Gasteiger partial charge in [-0.2, -0.15) is 0 Å². The fraction of sp³-hybridized carbons (Fsp3) is 0. The summed E-state index contributed by atoms with van der Waals surface area (Å²) in [6.45, 7) is 0. The molecule has 0 saturated carbocycles. The van der Waals surface area contributed by atoms with E-state index in [9.17, 15) is 18.0 Å². The normalized spacial score (nSPS) is 10.4. The maximum Gasteiger partial charge on any atom is 0.255 e.